The Morgan fingerprint density at radius 1 is 1.42 bits per heavy atom. The lowest BCUT2D eigenvalue weighted by molar-refractivity contribution is 0.100. The molecule has 0 aromatic heterocycles. The molecule has 68 valence electrons. The second-order valence-electron chi connectivity index (χ2n) is 4.81. The first-order valence-electron chi connectivity index (χ1n) is 5.35. The van der Waals surface area contributed by atoms with E-state index < -0.39 is 0 Å². The summed E-state index contributed by atoms with van der Waals surface area (Å²) in [5.41, 5.74) is 0.612. The van der Waals surface area contributed by atoms with Gasteiger partial charge in [0, 0.05) is 18.6 Å². The molecule has 3 unspecified atom stereocenters. The Balaban J connectivity index is 1.81. The summed E-state index contributed by atoms with van der Waals surface area (Å²) >= 11 is 0. The third-order valence-corrected chi connectivity index (χ3v) is 4.08. The average Bonchev–Trinajstić information content (AvgIpc) is 2.65. The van der Waals surface area contributed by atoms with Crippen molar-refractivity contribution >= 4 is 0 Å². The molecule has 1 N–H and O–H groups in total. The van der Waals surface area contributed by atoms with Crippen LogP contribution >= 0.6 is 0 Å². The molecular weight excluding hydrogens is 148 g/mol. The van der Waals surface area contributed by atoms with Crippen molar-refractivity contribution in [2.45, 2.75) is 31.2 Å². The van der Waals surface area contributed by atoms with Gasteiger partial charge in [0.25, 0.3) is 0 Å². The lowest BCUT2D eigenvalue weighted by atomic mass is 9.82. The number of nitrogens with one attached hydrogen (secondary N) is 1. The third-order valence-electron chi connectivity index (χ3n) is 4.08. The number of rotatable bonds is 0. The summed E-state index contributed by atoms with van der Waals surface area (Å²) in [5.74, 6) is 1.05. The van der Waals surface area contributed by atoms with Gasteiger partial charge in [-0.3, -0.25) is 4.90 Å². The van der Waals surface area contributed by atoms with E-state index in [9.17, 15) is 0 Å². The zero-order valence-corrected chi connectivity index (χ0v) is 7.68. The highest BCUT2D eigenvalue weighted by Gasteiger charge is 2.49. The largest absolute Gasteiger partial charge is 0.315 e. The molecule has 2 nitrogen and oxygen atoms in total. The van der Waals surface area contributed by atoms with Crippen molar-refractivity contribution in [1.82, 2.24) is 10.2 Å². The maximum atomic E-state index is 3.56. The summed E-state index contributed by atoms with van der Waals surface area (Å²) in [6.07, 6.45) is 5.81. The molecule has 3 fully saturated rings. The molecule has 0 saturated carbocycles. The number of piperidine rings is 2. The van der Waals surface area contributed by atoms with E-state index in [4.69, 9.17) is 0 Å². The Hall–Kier alpha value is -0.0800. The monoisotopic (exact) mass is 166 g/mol. The van der Waals surface area contributed by atoms with Crippen molar-refractivity contribution in [1.29, 1.82) is 0 Å². The van der Waals surface area contributed by atoms with Crippen LogP contribution in [0.15, 0.2) is 0 Å². The van der Waals surface area contributed by atoms with Gasteiger partial charge in [0.2, 0.25) is 0 Å². The molecule has 0 radical (unpaired) electrons. The van der Waals surface area contributed by atoms with Crippen molar-refractivity contribution in [2.75, 3.05) is 26.2 Å². The highest BCUT2D eigenvalue weighted by Crippen LogP contribution is 2.43. The predicted molar refractivity (Wildman–Crippen MR) is 49.1 cm³/mol. The molecule has 3 rings (SSSR count). The lowest BCUT2D eigenvalue weighted by Gasteiger charge is -2.43. The van der Waals surface area contributed by atoms with Gasteiger partial charge in [0.1, 0.15) is 0 Å². The molecule has 2 heteroatoms. The van der Waals surface area contributed by atoms with Gasteiger partial charge in [0.15, 0.2) is 0 Å². The molecule has 3 aliphatic rings. The van der Waals surface area contributed by atoms with Gasteiger partial charge in [0.05, 0.1) is 0 Å². The van der Waals surface area contributed by atoms with Gasteiger partial charge in [-0.25, -0.2) is 0 Å². The average molecular weight is 166 g/mol. The standard InChI is InChI=1S/C10H18N2/c1-3-10(8-11-4-1)6-9-2-5-12(10)7-9/h9,11H,1-8H2. The van der Waals surface area contributed by atoms with E-state index in [2.05, 4.69) is 10.2 Å². The van der Waals surface area contributed by atoms with Crippen LogP contribution in [0.1, 0.15) is 25.7 Å². The van der Waals surface area contributed by atoms with Crippen molar-refractivity contribution in [3.63, 3.8) is 0 Å². The predicted octanol–water partition coefficient (Wildman–Crippen LogP) is 0.834. The first-order chi connectivity index (χ1) is 5.89. The molecule has 3 aliphatic heterocycles. The van der Waals surface area contributed by atoms with Crippen molar-refractivity contribution in [2.24, 2.45) is 5.92 Å². The summed E-state index contributed by atoms with van der Waals surface area (Å²) in [4.78, 5) is 2.75. The molecule has 3 heterocycles. The van der Waals surface area contributed by atoms with E-state index in [0.29, 0.717) is 5.54 Å². The summed E-state index contributed by atoms with van der Waals surface area (Å²) in [5, 5.41) is 3.56. The van der Waals surface area contributed by atoms with Crippen LogP contribution in [0.5, 0.6) is 0 Å². The number of hydrogen-bond acceptors (Lipinski definition) is 2. The zero-order chi connectivity index (χ0) is 8.02. The maximum Gasteiger partial charge on any atom is 0.0337 e. The minimum Gasteiger partial charge on any atom is -0.315 e. The fourth-order valence-electron chi connectivity index (χ4n) is 3.49. The molecule has 0 amide bonds. The molecule has 0 aromatic rings. The molecular formula is C10H18N2. The van der Waals surface area contributed by atoms with E-state index in [1.54, 1.807) is 0 Å². The fourth-order valence-corrected chi connectivity index (χ4v) is 3.49. The molecule has 2 bridgehead atoms. The van der Waals surface area contributed by atoms with Crippen LogP contribution in [0.2, 0.25) is 0 Å². The number of hydrogen-bond donors (Lipinski definition) is 1. The van der Waals surface area contributed by atoms with E-state index >= 15 is 0 Å². The topological polar surface area (TPSA) is 15.3 Å². The maximum absolute atomic E-state index is 3.56. The Bertz CT molecular complexity index is 184. The van der Waals surface area contributed by atoms with Gasteiger partial charge in [-0.1, -0.05) is 0 Å². The van der Waals surface area contributed by atoms with Crippen LogP contribution in [0.25, 0.3) is 0 Å². The summed E-state index contributed by atoms with van der Waals surface area (Å²) in [7, 11) is 0. The van der Waals surface area contributed by atoms with E-state index in [0.717, 1.165) is 5.92 Å². The van der Waals surface area contributed by atoms with Gasteiger partial charge < -0.3 is 5.32 Å². The normalized spacial score (nSPS) is 52.0. The SMILES string of the molecule is C1CNCC2(C1)CC1CCN2C1. The molecule has 0 aliphatic carbocycles. The molecule has 3 atom stereocenters. The zero-order valence-electron chi connectivity index (χ0n) is 7.68. The summed E-state index contributed by atoms with van der Waals surface area (Å²) < 4.78 is 0. The highest BCUT2D eigenvalue weighted by atomic mass is 15.3. The fraction of sp³-hybridized carbons (Fsp3) is 1.00. The van der Waals surface area contributed by atoms with Crippen LogP contribution in [-0.2, 0) is 0 Å². The lowest BCUT2D eigenvalue weighted by Crippen LogP contribution is -2.54. The highest BCUT2D eigenvalue weighted by molar-refractivity contribution is 5.05. The Morgan fingerprint density at radius 3 is 3.00 bits per heavy atom. The first kappa shape index (κ1) is 7.34. The summed E-state index contributed by atoms with van der Waals surface area (Å²) in [6.45, 7) is 5.30. The van der Waals surface area contributed by atoms with Crippen LogP contribution in [0, 0.1) is 5.92 Å². The minimum absolute atomic E-state index is 0.612. The van der Waals surface area contributed by atoms with Crippen molar-refractivity contribution in [3.8, 4) is 0 Å². The van der Waals surface area contributed by atoms with Crippen LogP contribution in [-0.4, -0.2) is 36.6 Å². The first-order valence-corrected chi connectivity index (χ1v) is 5.35. The Kier molecular flexibility index (Phi) is 1.50. The van der Waals surface area contributed by atoms with Gasteiger partial charge in [-0.2, -0.15) is 0 Å². The van der Waals surface area contributed by atoms with Gasteiger partial charge in [-0.15, -0.1) is 0 Å². The van der Waals surface area contributed by atoms with E-state index in [-0.39, 0.29) is 0 Å². The summed E-state index contributed by atoms with van der Waals surface area (Å²) in [6, 6.07) is 0. The van der Waals surface area contributed by atoms with E-state index in [1.165, 1.54) is 51.9 Å². The quantitative estimate of drug-likeness (QED) is 0.573. The number of nitrogens with zero attached hydrogens (tertiary/aromatic N) is 1. The Morgan fingerprint density at radius 2 is 2.42 bits per heavy atom. The smallest absolute Gasteiger partial charge is 0.0337 e. The molecule has 1 spiro atoms. The van der Waals surface area contributed by atoms with Crippen molar-refractivity contribution in [3.05, 3.63) is 0 Å². The minimum atomic E-state index is 0.612. The molecule has 12 heavy (non-hydrogen) atoms. The van der Waals surface area contributed by atoms with Crippen LogP contribution in [0.3, 0.4) is 0 Å². The Labute approximate surface area is 74.3 Å². The molecule has 0 aromatic carbocycles. The van der Waals surface area contributed by atoms with Gasteiger partial charge >= 0.3 is 0 Å². The second-order valence-corrected chi connectivity index (χ2v) is 4.81. The number of fused-ring (bicyclic) bond motifs is 3. The molecule has 3 saturated heterocycles. The van der Waals surface area contributed by atoms with Crippen LogP contribution in [0.4, 0.5) is 0 Å². The van der Waals surface area contributed by atoms with Crippen molar-refractivity contribution < 1.29 is 0 Å². The third kappa shape index (κ3) is 0.882. The van der Waals surface area contributed by atoms with Crippen LogP contribution < -0.4 is 5.32 Å². The van der Waals surface area contributed by atoms with Gasteiger partial charge in [-0.05, 0) is 44.7 Å². The van der Waals surface area contributed by atoms with E-state index in [1.807, 2.05) is 0 Å². The second kappa shape index (κ2) is 2.46.